The van der Waals surface area contributed by atoms with Gasteiger partial charge < -0.3 is 15.4 Å². The molecule has 0 unspecified atom stereocenters. The number of anilines is 2. The summed E-state index contributed by atoms with van der Waals surface area (Å²) in [6.45, 7) is 3.87. The number of pyridine rings is 2. The highest BCUT2D eigenvalue weighted by molar-refractivity contribution is 14.1. The molecule has 4 N–H and O–H groups in total. The van der Waals surface area contributed by atoms with E-state index < -0.39 is 231 Å². The molecule has 0 spiro atoms. The fourth-order valence-corrected chi connectivity index (χ4v) is 24.9. The maximum Gasteiger partial charge on any atom is 0.435 e. The van der Waals surface area contributed by atoms with E-state index in [2.05, 4.69) is 64.2 Å². The summed E-state index contributed by atoms with van der Waals surface area (Å²) >= 11 is 15.5. The molecule has 9 aliphatic rings. The monoisotopic (exact) mass is 2070 g/mol. The Morgan fingerprint density at radius 1 is 0.538 bits per heavy atom. The van der Waals surface area contributed by atoms with Crippen molar-refractivity contribution in [3.63, 3.8) is 0 Å². The Morgan fingerprint density at radius 2 is 0.947 bits per heavy atom. The van der Waals surface area contributed by atoms with Crippen molar-refractivity contribution in [1.29, 1.82) is 0 Å². The first-order valence-corrected chi connectivity index (χ1v) is 49.6. The van der Waals surface area contributed by atoms with E-state index in [1.807, 2.05) is 22.6 Å². The number of nitrogens with one attached hydrogen (secondary N) is 4. The van der Waals surface area contributed by atoms with Gasteiger partial charge >= 0.3 is 12.4 Å². The summed E-state index contributed by atoms with van der Waals surface area (Å²) in [5.41, 5.74) is -5.18. The number of aromatic nitrogens is 10. The summed E-state index contributed by atoms with van der Waals surface area (Å²) in [4.78, 5) is 38.0. The number of fused-ring (bicyclic) bond motifs is 8. The second kappa shape index (κ2) is 32.5. The summed E-state index contributed by atoms with van der Waals surface area (Å²) in [7, 11) is -13.7. The largest absolute Gasteiger partial charge is 0.435 e. The van der Waals surface area contributed by atoms with Gasteiger partial charge in [0.25, 0.3) is 11.8 Å². The first-order chi connectivity index (χ1) is 61.7. The highest BCUT2D eigenvalue weighted by Crippen LogP contribution is 2.70. The van der Waals surface area contributed by atoms with Gasteiger partial charge in [-0.05, 0) is 217 Å². The molecular weight excluding hydrogens is 2000 g/mol. The van der Waals surface area contributed by atoms with Crippen molar-refractivity contribution >= 4 is 131 Å². The van der Waals surface area contributed by atoms with Crippen LogP contribution in [-0.2, 0) is 111 Å². The van der Waals surface area contributed by atoms with Crippen molar-refractivity contribution < 1.29 is 109 Å². The van der Waals surface area contributed by atoms with E-state index in [-0.39, 0.29) is 126 Å². The number of alkyl halides is 10. The molecule has 698 valence electrons. The van der Waals surface area contributed by atoms with Crippen molar-refractivity contribution in [1.82, 2.24) is 59.7 Å². The molecule has 10 aromatic rings. The van der Waals surface area contributed by atoms with Crippen LogP contribution >= 0.6 is 45.8 Å². The Hall–Kier alpha value is -9.71. The molecular formula is C86H75Cl2F14IN14O11S4. The summed E-state index contributed by atoms with van der Waals surface area (Å²) in [5.74, 6) is -7.50. The van der Waals surface area contributed by atoms with Crippen LogP contribution in [0.2, 0.25) is 10.0 Å². The topological polar surface area (TPSA) is 325 Å². The van der Waals surface area contributed by atoms with Crippen LogP contribution < -0.4 is 20.1 Å². The van der Waals surface area contributed by atoms with Gasteiger partial charge in [-0.3, -0.25) is 37.8 Å². The average Bonchev–Trinajstić information content (AvgIpc) is 1.52. The van der Waals surface area contributed by atoms with Crippen molar-refractivity contribution in [2.45, 2.75) is 202 Å². The summed E-state index contributed by atoms with van der Waals surface area (Å²) < 4.78 is 324. The van der Waals surface area contributed by atoms with Crippen molar-refractivity contribution in [2.75, 3.05) is 22.7 Å². The first kappa shape index (κ1) is 92.7. The van der Waals surface area contributed by atoms with Crippen molar-refractivity contribution in [3.05, 3.63) is 184 Å². The molecule has 6 atom stereocenters. The number of carbonyl (C=O) groups is 2. The molecule has 4 aromatic carbocycles. The van der Waals surface area contributed by atoms with Crippen LogP contribution in [0.25, 0.3) is 44.1 Å². The maximum absolute atomic E-state index is 15.6. The Kier molecular flexibility index (Phi) is 22.8. The quantitative estimate of drug-likeness (QED) is 0.0235. The number of amides is 2. The minimum absolute atomic E-state index is 0.000211. The fourth-order valence-electron chi connectivity index (χ4n) is 17.6. The van der Waals surface area contributed by atoms with Gasteiger partial charge in [-0.2, -0.15) is 64.3 Å². The molecule has 7 fully saturated rings. The number of sulfone groups is 2. The van der Waals surface area contributed by atoms with E-state index in [1.54, 1.807) is 18.2 Å². The summed E-state index contributed by atoms with van der Waals surface area (Å²) in [5, 5.41) is 19.5. The predicted octanol–water partition coefficient (Wildman–Crippen LogP) is 16.0. The van der Waals surface area contributed by atoms with Crippen molar-refractivity contribution in [2.24, 2.45) is 18.9 Å². The molecule has 8 aliphatic carbocycles. The number of hydrogen-bond acceptors (Lipinski definition) is 17. The lowest BCUT2D eigenvalue weighted by Gasteiger charge is -2.28. The number of nitrogens with zero attached hydrogens (tertiary/aromatic N) is 10. The number of carbonyl (C=O) groups excluding carboxylic acids is 2. The van der Waals surface area contributed by atoms with Gasteiger partial charge in [0.05, 0.1) is 95.6 Å². The minimum Gasteiger partial charge on any atom is -0.377 e. The zero-order valence-corrected chi connectivity index (χ0v) is 76.6. The molecule has 1 aliphatic heterocycles. The third kappa shape index (κ3) is 17.2. The molecule has 0 radical (unpaired) electrons. The summed E-state index contributed by atoms with van der Waals surface area (Å²) in [6.07, 6.45) is -7.79. The Bertz CT molecular complexity index is 7170. The number of rotatable bonds is 25. The van der Waals surface area contributed by atoms with Crippen LogP contribution in [-0.4, -0.2) is 138 Å². The molecule has 2 amide bonds. The smallest absolute Gasteiger partial charge is 0.377 e. The van der Waals surface area contributed by atoms with E-state index in [1.165, 1.54) is 68.4 Å². The number of sulfonamides is 2. The first-order valence-electron chi connectivity index (χ1n) is 41.6. The maximum atomic E-state index is 15.6. The van der Waals surface area contributed by atoms with Crippen LogP contribution in [0, 0.1) is 62.4 Å². The third-order valence-electron chi connectivity index (χ3n) is 25.0. The SMILES string of the molecule is CC(C)(C#Cc1ccc(-c2ccc(Cl)c3c(NS(=O)(=O)C4CC4)nn(C4COC4)c23)c([C@H](Cc2cc(F)cc(F)c2)NC(=O)Cn2nc(C(F)(F)F)c3c2C(F)(F)[C@@H]2C[C@H]32)n1)S(=O)(=O)C1CC1.Cn1nc(NS(=O)(=O)C2CC2)c2c(Cl)ccc(-c3cc(I)c(C#CC(C)(C)S(=O)(=O)C4CC4)nc3[C@H](Cc3cc(F)cc(F)c3)NC(=O)Cn3nc(C(F)(F)F)c4c3C(F)(F)[C@@H]3C[C@H]43)c21. The molecule has 25 nitrogen and oxygen atoms in total. The fraction of sp³-hybridized carbons (Fsp3) is 0.442. The standard InChI is InChI=1S/C44H39ClF7N7O6S2.C42H36ClF7IN7O5S2/c1-42(2,66(61,62)26-4-5-26)12-11-24-3-8-28(29-9-10-32(45)36-38(29)59(25-19-65-20-25)56-41(36)57-67(63,64)27-6-7-27)37(53-24)33(15-21-13-22(46)16-23(47)14-21)54-34(60)18-58-40-35(39(55-58)44(50,51)52)30-17-31(30)43(40,48)49;1-40(2,64(60,61)22-4-5-22)11-10-30-29(51)17-25(24-8-9-28(43)34-36(24)57(3)55-39(34)56-65(62,63)23-6-7-23)35(53-30)31(14-19-12-20(44)15-21(45)13-19)52-32(59)18-58-38-33(37(54-58)42(48,49)50)26-16-27(26)41(38,46)47/h3,8-10,13-14,16,25-27,30-31,33H,4-7,15,17-20H2,1-2H3,(H,54,60)(H,56,57);8-9,12-13,15,17,22-23,26-27,31H,4-7,14,16,18H2,1-3H3,(H,52,59)(H,55,56)/t30-,31+,33-;26-,27+,31-/m00/s1. The molecule has 0 bridgehead atoms. The Morgan fingerprint density at radius 3 is 1.37 bits per heavy atom. The third-order valence-corrected chi connectivity index (χ3v) is 35.8. The molecule has 6 aromatic heterocycles. The predicted molar refractivity (Wildman–Crippen MR) is 462 cm³/mol. The van der Waals surface area contributed by atoms with Gasteiger partial charge in [0.1, 0.15) is 68.6 Å². The molecule has 1 saturated heterocycles. The zero-order valence-electron chi connectivity index (χ0n) is 69.7. The van der Waals surface area contributed by atoms with Crippen LogP contribution in [0.15, 0.2) is 78.9 Å². The highest BCUT2D eigenvalue weighted by atomic mass is 127. The highest BCUT2D eigenvalue weighted by Gasteiger charge is 2.70. The van der Waals surface area contributed by atoms with Crippen LogP contribution in [0.3, 0.4) is 0 Å². The molecule has 132 heavy (non-hydrogen) atoms. The Balaban J connectivity index is 0.000000177. The lowest BCUT2D eigenvalue weighted by molar-refractivity contribution is -0.143. The number of ether oxygens (including phenoxy) is 1. The number of halogens is 17. The normalized spacial score (nSPS) is 20.2. The van der Waals surface area contributed by atoms with Crippen LogP contribution in [0.1, 0.15) is 190 Å². The second-order valence-corrected chi connectivity index (χ2v) is 47.0. The average molecular weight is 2070 g/mol. The van der Waals surface area contributed by atoms with Gasteiger partial charge in [0.15, 0.2) is 42.7 Å². The zero-order chi connectivity index (χ0) is 94.7. The lowest BCUT2D eigenvalue weighted by Crippen LogP contribution is -2.35. The van der Waals surface area contributed by atoms with E-state index in [0.29, 0.717) is 76.4 Å². The summed E-state index contributed by atoms with van der Waals surface area (Å²) in [6, 6.07) is 12.4. The number of benzene rings is 4. The van der Waals surface area contributed by atoms with Gasteiger partial charge in [-0.15, -0.1) is 0 Å². The number of aryl methyl sites for hydroxylation is 1. The Labute approximate surface area is 768 Å². The van der Waals surface area contributed by atoms with E-state index in [9.17, 15) is 87.2 Å². The molecule has 19 rings (SSSR count). The van der Waals surface area contributed by atoms with Gasteiger partial charge in [-0.1, -0.05) is 47.2 Å². The van der Waals surface area contributed by atoms with Crippen LogP contribution in [0.5, 0.6) is 0 Å². The number of hydrogen-bond donors (Lipinski definition) is 4. The molecule has 7 heterocycles. The van der Waals surface area contributed by atoms with Crippen LogP contribution in [0.4, 0.5) is 73.1 Å². The van der Waals surface area contributed by atoms with Crippen molar-refractivity contribution in [3.8, 4) is 45.9 Å². The lowest BCUT2D eigenvalue weighted by atomic mass is 9.93. The minimum atomic E-state index is -5.12. The van der Waals surface area contributed by atoms with Gasteiger partial charge in [-0.25, -0.2) is 61.2 Å². The second-order valence-electron chi connectivity index (χ2n) is 35.6. The molecule has 6 saturated carbocycles. The van der Waals surface area contributed by atoms with E-state index in [0.717, 1.165) is 24.3 Å². The van der Waals surface area contributed by atoms with Gasteiger partial charge in [0.2, 0.25) is 31.9 Å². The van der Waals surface area contributed by atoms with E-state index >= 15 is 17.6 Å². The molecule has 46 heteroatoms. The van der Waals surface area contributed by atoms with Gasteiger partial charge in [0, 0.05) is 68.0 Å². The van der Waals surface area contributed by atoms with E-state index in [4.69, 9.17) is 37.9 Å².